The molecule has 2 rings (SSSR count). The van der Waals surface area contributed by atoms with Crippen LogP contribution in [0.1, 0.15) is 0 Å². The summed E-state index contributed by atoms with van der Waals surface area (Å²) in [4.78, 5) is 3.92. The summed E-state index contributed by atoms with van der Waals surface area (Å²) < 4.78 is 13.3. The number of phenolic OH excluding ortho intramolecular Hbond substituents is 1. The van der Waals surface area contributed by atoms with Crippen molar-refractivity contribution in [3.05, 3.63) is 48.4 Å². The Balaban J connectivity index is 2.50. The first kappa shape index (κ1) is 8.69. The second-order valence-corrected chi connectivity index (χ2v) is 2.88. The molecule has 0 atom stereocenters. The number of phenols is 1. The monoisotopic (exact) mass is 189 g/mol. The Morgan fingerprint density at radius 2 is 1.79 bits per heavy atom. The van der Waals surface area contributed by atoms with Crippen LogP contribution in [-0.4, -0.2) is 10.1 Å². The van der Waals surface area contributed by atoms with Gasteiger partial charge in [-0.25, -0.2) is 4.39 Å². The second-order valence-electron chi connectivity index (χ2n) is 2.88. The lowest BCUT2D eigenvalue weighted by Gasteiger charge is -2.01. The summed E-state index contributed by atoms with van der Waals surface area (Å²) in [7, 11) is 0. The number of hydrogen-bond donors (Lipinski definition) is 1. The molecule has 0 aliphatic carbocycles. The average Bonchev–Trinajstić information content (AvgIpc) is 2.20. The lowest BCUT2D eigenvalue weighted by atomic mass is 10.1. The standard InChI is InChI=1S/C11H8FNO/c12-10-2-1-7-13-11(10)8-3-5-9(14)6-4-8/h1-7,14H. The molecule has 1 heterocycles. The van der Waals surface area contributed by atoms with Crippen molar-refractivity contribution < 1.29 is 9.50 Å². The van der Waals surface area contributed by atoms with Gasteiger partial charge in [0.15, 0.2) is 0 Å². The van der Waals surface area contributed by atoms with Crippen molar-refractivity contribution in [2.24, 2.45) is 0 Å². The first-order chi connectivity index (χ1) is 6.77. The fourth-order valence-electron chi connectivity index (χ4n) is 1.22. The fraction of sp³-hybridized carbons (Fsp3) is 0. The minimum atomic E-state index is -0.363. The van der Waals surface area contributed by atoms with Gasteiger partial charge >= 0.3 is 0 Å². The highest BCUT2D eigenvalue weighted by molar-refractivity contribution is 5.60. The van der Waals surface area contributed by atoms with Crippen molar-refractivity contribution in [1.29, 1.82) is 0 Å². The summed E-state index contributed by atoms with van der Waals surface area (Å²) in [6.07, 6.45) is 1.53. The largest absolute Gasteiger partial charge is 0.508 e. The SMILES string of the molecule is Oc1ccc(-c2ncccc2F)cc1. The maximum Gasteiger partial charge on any atom is 0.149 e. The van der Waals surface area contributed by atoms with Crippen LogP contribution in [0.15, 0.2) is 42.6 Å². The highest BCUT2D eigenvalue weighted by Gasteiger charge is 2.04. The minimum Gasteiger partial charge on any atom is -0.508 e. The molecule has 70 valence electrons. The van der Waals surface area contributed by atoms with E-state index in [1.165, 1.54) is 24.4 Å². The molecule has 0 fully saturated rings. The molecule has 0 saturated carbocycles. The van der Waals surface area contributed by atoms with Gasteiger partial charge < -0.3 is 5.11 Å². The van der Waals surface area contributed by atoms with E-state index in [4.69, 9.17) is 5.11 Å². The number of hydrogen-bond acceptors (Lipinski definition) is 2. The third-order valence-corrected chi connectivity index (χ3v) is 1.90. The Hall–Kier alpha value is -1.90. The third kappa shape index (κ3) is 1.57. The van der Waals surface area contributed by atoms with Gasteiger partial charge in [-0.2, -0.15) is 0 Å². The van der Waals surface area contributed by atoms with Gasteiger partial charge in [-0.05, 0) is 36.4 Å². The van der Waals surface area contributed by atoms with Crippen LogP contribution in [-0.2, 0) is 0 Å². The average molecular weight is 189 g/mol. The van der Waals surface area contributed by atoms with E-state index in [1.54, 1.807) is 18.2 Å². The van der Waals surface area contributed by atoms with Gasteiger partial charge in [-0.15, -0.1) is 0 Å². The van der Waals surface area contributed by atoms with Crippen LogP contribution in [0, 0.1) is 5.82 Å². The van der Waals surface area contributed by atoms with Crippen molar-refractivity contribution in [3.63, 3.8) is 0 Å². The number of pyridine rings is 1. The topological polar surface area (TPSA) is 33.1 Å². The van der Waals surface area contributed by atoms with Crippen molar-refractivity contribution in [2.75, 3.05) is 0 Å². The van der Waals surface area contributed by atoms with Crippen LogP contribution >= 0.6 is 0 Å². The predicted molar refractivity (Wildman–Crippen MR) is 51.3 cm³/mol. The molecule has 1 N–H and O–H groups in total. The minimum absolute atomic E-state index is 0.157. The summed E-state index contributed by atoms with van der Waals surface area (Å²) in [5.41, 5.74) is 0.952. The summed E-state index contributed by atoms with van der Waals surface area (Å²) in [5.74, 6) is -0.205. The highest BCUT2D eigenvalue weighted by atomic mass is 19.1. The van der Waals surface area contributed by atoms with E-state index in [0.717, 1.165) is 0 Å². The molecule has 0 unspecified atom stereocenters. The highest BCUT2D eigenvalue weighted by Crippen LogP contribution is 2.21. The first-order valence-electron chi connectivity index (χ1n) is 4.17. The summed E-state index contributed by atoms with van der Waals surface area (Å²) >= 11 is 0. The zero-order chi connectivity index (χ0) is 9.97. The molecule has 0 radical (unpaired) electrons. The molecule has 0 aliphatic heterocycles. The number of benzene rings is 1. The molecule has 3 heteroatoms. The maximum atomic E-state index is 13.3. The Kier molecular flexibility index (Phi) is 2.14. The van der Waals surface area contributed by atoms with Gasteiger partial charge in [0.25, 0.3) is 0 Å². The Labute approximate surface area is 80.7 Å². The molecule has 0 spiro atoms. The van der Waals surface area contributed by atoms with Crippen LogP contribution in [0.5, 0.6) is 5.75 Å². The van der Waals surface area contributed by atoms with E-state index in [1.807, 2.05) is 0 Å². The zero-order valence-corrected chi connectivity index (χ0v) is 7.31. The lowest BCUT2D eigenvalue weighted by molar-refractivity contribution is 0.475. The van der Waals surface area contributed by atoms with Gasteiger partial charge in [-0.1, -0.05) is 0 Å². The quantitative estimate of drug-likeness (QED) is 0.747. The smallest absolute Gasteiger partial charge is 0.149 e. The summed E-state index contributed by atoms with van der Waals surface area (Å²) in [5, 5.41) is 9.06. The molecular weight excluding hydrogens is 181 g/mol. The molecular formula is C11H8FNO. The number of aromatic hydroxyl groups is 1. The number of rotatable bonds is 1. The van der Waals surface area contributed by atoms with Gasteiger partial charge in [0.05, 0.1) is 0 Å². The predicted octanol–water partition coefficient (Wildman–Crippen LogP) is 2.59. The molecule has 2 nitrogen and oxygen atoms in total. The number of aromatic nitrogens is 1. The van der Waals surface area contributed by atoms with Crippen LogP contribution in [0.4, 0.5) is 4.39 Å². The normalized spacial score (nSPS) is 10.1. The Morgan fingerprint density at radius 3 is 2.43 bits per heavy atom. The lowest BCUT2D eigenvalue weighted by Crippen LogP contribution is -1.87. The number of halogens is 1. The van der Waals surface area contributed by atoms with Crippen molar-refractivity contribution in [2.45, 2.75) is 0 Å². The molecule has 1 aromatic heterocycles. The molecule has 1 aromatic carbocycles. The van der Waals surface area contributed by atoms with Gasteiger partial charge in [-0.3, -0.25) is 4.98 Å². The maximum absolute atomic E-state index is 13.3. The van der Waals surface area contributed by atoms with Crippen molar-refractivity contribution in [3.8, 4) is 17.0 Å². The van der Waals surface area contributed by atoms with Gasteiger partial charge in [0, 0.05) is 11.8 Å². The molecule has 0 aliphatic rings. The molecule has 0 amide bonds. The zero-order valence-electron chi connectivity index (χ0n) is 7.31. The van der Waals surface area contributed by atoms with E-state index < -0.39 is 0 Å². The van der Waals surface area contributed by atoms with Gasteiger partial charge in [0.2, 0.25) is 0 Å². The van der Waals surface area contributed by atoms with Crippen molar-refractivity contribution in [1.82, 2.24) is 4.98 Å². The van der Waals surface area contributed by atoms with E-state index >= 15 is 0 Å². The van der Waals surface area contributed by atoms with Crippen molar-refractivity contribution >= 4 is 0 Å². The summed E-state index contributed by atoms with van der Waals surface area (Å²) in [6, 6.07) is 9.16. The molecule has 14 heavy (non-hydrogen) atoms. The Morgan fingerprint density at radius 1 is 1.07 bits per heavy atom. The Bertz CT molecular complexity index is 439. The van der Waals surface area contributed by atoms with Crippen LogP contribution in [0.2, 0.25) is 0 Å². The van der Waals surface area contributed by atoms with Crippen LogP contribution in [0.25, 0.3) is 11.3 Å². The summed E-state index contributed by atoms with van der Waals surface area (Å²) in [6.45, 7) is 0. The van der Waals surface area contributed by atoms with E-state index in [0.29, 0.717) is 11.3 Å². The molecule has 2 aromatic rings. The number of nitrogens with zero attached hydrogens (tertiary/aromatic N) is 1. The van der Waals surface area contributed by atoms with Gasteiger partial charge in [0.1, 0.15) is 17.3 Å². The van der Waals surface area contributed by atoms with E-state index in [-0.39, 0.29) is 11.6 Å². The van der Waals surface area contributed by atoms with Crippen LogP contribution < -0.4 is 0 Å². The van der Waals surface area contributed by atoms with E-state index in [2.05, 4.69) is 4.98 Å². The second kappa shape index (κ2) is 3.46. The molecule has 0 bridgehead atoms. The van der Waals surface area contributed by atoms with E-state index in [9.17, 15) is 4.39 Å². The third-order valence-electron chi connectivity index (χ3n) is 1.90. The molecule has 0 saturated heterocycles. The van der Waals surface area contributed by atoms with Crippen LogP contribution in [0.3, 0.4) is 0 Å². The first-order valence-corrected chi connectivity index (χ1v) is 4.17. The fourth-order valence-corrected chi connectivity index (χ4v) is 1.22.